The number of pyridine rings is 1. The van der Waals surface area contributed by atoms with Crippen LogP contribution in [0.3, 0.4) is 0 Å². The summed E-state index contributed by atoms with van der Waals surface area (Å²) >= 11 is 0. The van der Waals surface area contributed by atoms with Crippen LogP contribution in [0, 0.1) is 17.8 Å². The first kappa shape index (κ1) is 17.9. The maximum Gasteiger partial charge on any atom is 0.254 e. The van der Waals surface area contributed by atoms with E-state index >= 15 is 0 Å². The fraction of sp³-hybridized carbons (Fsp3) is 0.429. The molecule has 142 valence electrons. The normalized spacial score (nSPS) is 27.3. The lowest BCUT2D eigenvalue weighted by Crippen LogP contribution is -2.59. The number of methoxy groups -OCH3 is 1. The van der Waals surface area contributed by atoms with Gasteiger partial charge in [-0.15, -0.1) is 0 Å². The number of likely N-dealkylation sites (tertiary alicyclic amines) is 1. The lowest BCUT2D eigenvalue weighted by Gasteiger charge is -2.53. The summed E-state index contributed by atoms with van der Waals surface area (Å²) in [6, 6.07) is 10.3. The average molecular weight is 370 g/mol. The van der Waals surface area contributed by atoms with E-state index in [4.69, 9.17) is 4.74 Å². The number of benzene rings is 1. The van der Waals surface area contributed by atoms with Crippen LogP contribution in [0.1, 0.15) is 35.2 Å². The Morgan fingerprint density at radius 3 is 2.67 bits per heavy atom. The van der Waals surface area contributed by atoms with Crippen LogP contribution in [-0.2, 0) is 5.60 Å². The van der Waals surface area contributed by atoms with Gasteiger partial charge in [0.1, 0.15) is 11.4 Å². The summed E-state index contributed by atoms with van der Waals surface area (Å²) in [5.74, 6) is -0.493. The Bertz CT molecular complexity index is 843. The van der Waals surface area contributed by atoms with Gasteiger partial charge >= 0.3 is 0 Å². The Kier molecular flexibility index (Phi) is 4.60. The Hall–Kier alpha value is -2.47. The molecule has 2 unspecified atom stereocenters. The minimum atomic E-state index is -1.28. The molecule has 0 spiro atoms. The second-order valence-corrected chi connectivity index (χ2v) is 7.43. The first-order chi connectivity index (χ1) is 13.0. The highest BCUT2D eigenvalue weighted by Crippen LogP contribution is 2.49. The molecule has 2 bridgehead atoms. The van der Waals surface area contributed by atoms with Crippen LogP contribution >= 0.6 is 0 Å². The van der Waals surface area contributed by atoms with Crippen molar-refractivity contribution in [2.75, 3.05) is 20.2 Å². The van der Waals surface area contributed by atoms with Crippen LogP contribution < -0.4 is 4.74 Å². The predicted molar refractivity (Wildman–Crippen MR) is 97.8 cm³/mol. The van der Waals surface area contributed by atoms with Crippen molar-refractivity contribution < 1.29 is 19.0 Å². The summed E-state index contributed by atoms with van der Waals surface area (Å²) < 4.78 is 19.6. The van der Waals surface area contributed by atoms with E-state index in [2.05, 4.69) is 4.98 Å². The van der Waals surface area contributed by atoms with Gasteiger partial charge in [-0.05, 0) is 37.1 Å². The molecular formula is C21H23FN2O3. The molecule has 4 rings (SSSR count). The largest absolute Gasteiger partial charge is 0.497 e. The van der Waals surface area contributed by atoms with E-state index in [1.807, 2.05) is 0 Å². The Morgan fingerprint density at radius 2 is 2.00 bits per heavy atom. The SMILES string of the molecule is COc1cccc(C(=O)N2CC3CCCC(C2)C3(O)c2cccnc2F)c1. The summed E-state index contributed by atoms with van der Waals surface area (Å²) in [6.45, 7) is 0.800. The first-order valence-corrected chi connectivity index (χ1v) is 9.30. The summed E-state index contributed by atoms with van der Waals surface area (Å²) in [4.78, 5) is 18.5. The van der Waals surface area contributed by atoms with E-state index < -0.39 is 11.5 Å². The van der Waals surface area contributed by atoms with Crippen LogP contribution in [0.2, 0.25) is 0 Å². The van der Waals surface area contributed by atoms with Crippen molar-refractivity contribution in [1.82, 2.24) is 9.88 Å². The van der Waals surface area contributed by atoms with E-state index in [1.165, 1.54) is 6.20 Å². The molecule has 6 heteroatoms. The molecule has 1 aromatic heterocycles. The number of aromatic nitrogens is 1. The number of ether oxygens (including phenoxy) is 1. The second-order valence-electron chi connectivity index (χ2n) is 7.43. The van der Waals surface area contributed by atoms with Crippen molar-refractivity contribution in [3.8, 4) is 5.75 Å². The van der Waals surface area contributed by atoms with Crippen molar-refractivity contribution >= 4 is 5.91 Å². The van der Waals surface area contributed by atoms with Crippen molar-refractivity contribution in [1.29, 1.82) is 0 Å². The number of rotatable bonds is 3. The van der Waals surface area contributed by atoms with E-state index in [-0.39, 0.29) is 23.3 Å². The van der Waals surface area contributed by atoms with Gasteiger partial charge in [-0.2, -0.15) is 4.39 Å². The van der Waals surface area contributed by atoms with Crippen molar-refractivity contribution in [2.45, 2.75) is 24.9 Å². The summed E-state index contributed by atoms with van der Waals surface area (Å²) in [6.07, 6.45) is 3.87. The number of aliphatic hydroxyl groups is 1. The van der Waals surface area contributed by atoms with Gasteiger partial charge in [-0.3, -0.25) is 4.79 Å². The number of hydrogen-bond acceptors (Lipinski definition) is 4. The van der Waals surface area contributed by atoms with E-state index in [0.717, 1.165) is 19.3 Å². The maximum atomic E-state index is 14.4. The fourth-order valence-corrected chi connectivity index (χ4v) is 4.68. The summed E-state index contributed by atoms with van der Waals surface area (Å²) in [5.41, 5.74) is -0.458. The third-order valence-corrected chi connectivity index (χ3v) is 6.03. The van der Waals surface area contributed by atoms with Crippen LogP contribution in [0.4, 0.5) is 4.39 Å². The monoisotopic (exact) mass is 370 g/mol. The fourth-order valence-electron chi connectivity index (χ4n) is 4.68. The molecular weight excluding hydrogens is 347 g/mol. The molecule has 0 radical (unpaired) electrons. The molecule has 2 heterocycles. The molecule has 1 aromatic carbocycles. The lowest BCUT2D eigenvalue weighted by atomic mass is 9.62. The zero-order valence-corrected chi connectivity index (χ0v) is 15.3. The standard InChI is InChI=1S/C21H23FN2O3/c1-27-17-8-2-5-14(11-17)20(25)24-12-15-6-3-7-16(13-24)21(15,26)18-9-4-10-23-19(18)22/h2,4-5,8-11,15-16,26H,3,6-7,12-13H2,1H3. The number of carbonyl (C=O) groups excluding carboxylic acids is 1. The maximum absolute atomic E-state index is 14.4. The Morgan fingerprint density at radius 1 is 1.26 bits per heavy atom. The average Bonchev–Trinajstić information content (AvgIpc) is 2.67. The first-order valence-electron chi connectivity index (χ1n) is 9.30. The van der Waals surface area contributed by atoms with Gasteiger partial charge in [-0.25, -0.2) is 4.98 Å². The lowest BCUT2D eigenvalue weighted by molar-refractivity contribution is -0.141. The zero-order valence-electron chi connectivity index (χ0n) is 15.3. The number of hydrogen-bond donors (Lipinski definition) is 1. The quantitative estimate of drug-likeness (QED) is 0.844. The molecule has 5 nitrogen and oxygen atoms in total. The van der Waals surface area contributed by atoms with Gasteiger partial charge in [0.05, 0.1) is 7.11 Å². The highest BCUT2D eigenvalue weighted by molar-refractivity contribution is 5.94. The summed E-state index contributed by atoms with van der Waals surface area (Å²) in [5, 5.41) is 11.5. The van der Waals surface area contributed by atoms with E-state index in [0.29, 0.717) is 24.4 Å². The number of amides is 1. The van der Waals surface area contributed by atoms with E-state index in [1.54, 1.807) is 48.4 Å². The van der Waals surface area contributed by atoms with Crippen LogP contribution in [0.15, 0.2) is 42.6 Å². The Balaban J connectivity index is 1.63. The Labute approximate surface area is 157 Å². The number of carbonyl (C=O) groups is 1. The topological polar surface area (TPSA) is 62.7 Å². The van der Waals surface area contributed by atoms with Crippen LogP contribution in [-0.4, -0.2) is 41.1 Å². The van der Waals surface area contributed by atoms with Crippen molar-refractivity contribution in [2.24, 2.45) is 11.8 Å². The molecule has 1 N–H and O–H groups in total. The highest BCUT2D eigenvalue weighted by atomic mass is 19.1. The summed E-state index contributed by atoms with van der Waals surface area (Å²) in [7, 11) is 1.57. The molecule has 2 atom stereocenters. The van der Waals surface area contributed by atoms with Crippen molar-refractivity contribution in [3.05, 3.63) is 59.7 Å². The smallest absolute Gasteiger partial charge is 0.254 e. The number of nitrogens with zero attached hydrogens (tertiary/aromatic N) is 2. The zero-order chi connectivity index (χ0) is 19.0. The minimum absolute atomic E-state index is 0.0838. The highest BCUT2D eigenvalue weighted by Gasteiger charge is 2.53. The molecule has 1 aliphatic heterocycles. The predicted octanol–water partition coefficient (Wildman–Crippen LogP) is 2.99. The third kappa shape index (κ3) is 2.98. The molecule has 1 saturated carbocycles. The van der Waals surface area contributed by atoms with Crippen LogP contribution in [0.5, 0.6) is 5.75 Å². The van der Waals surface area contributed by atoms with Gasteiger partial charge in [-0.1, -0.05) is 18.6 Å². The number of fused-ring (bicyclic) bond motifs is 2. The number of halogens is 1. The second kappa shape index (κ2) is 6.93. The molecule has 1 saturated heterocycles. The molecule has 27 heavy (non-hydrogen) atoms. The number of piperidine rings is 1. The van der Waals surface area contributed by atoms with Gasteiger partial charge in [0.2, 0.25) is 5.95 Å². The molecule has 2 fully saturated rings. The van der Waals surface area contributed by atoms with Gasteiger partial charge in [0.15, 0.2) is 0 Å². The molecule has 2 aliphatic rings. The third-order valence-electron chi connectivity index (χ3n) is 6.03. The molecule has 2 aromatic rings. The minimum Gasteiger partial charge on any atom is -0.497 e. The van der Waals surface area contributed by atoms with Crippen molar-refractivity contribution in [3.63, 3.8) is 0 Å². The van der Waals surface area contributed by atoms with Crippen LogP contribution in [0.25, 0.3) is 0 Å². The van der Waals surface area contributed by atoms with Gasteiger partial charge < -0.3 is 14.7 Å². The van der Waals surface area contributed by atoms with Gasteiger partial charge in [0, 0.05) is 42.2 Å². The van der Waals surface area contributed by atoms with E-state index in [9.17, 15) is 14.3 Å². The van der Waals surface area contributed by atoms with Gasteiger partial charge in [0.25, 0.3) is 5.91 Å². The molecule has 1 amide bonds. The molecule has 1 aliphatic carbocycles.